The molecule has 0 amide bonds. The molecule has 0 aliphatic rings. The molecule has 0 saturated carbocycles. The lowest BCUT2D eigenvalue weighted by Crippen LogP contribution is -2.01. The van der Waals surface area contributed by atoms with Gasteiger partial charge in [0.25, 0.3) is 0 Å². The highest BCUT2D eigenvalue weighted by Gasteiger charge is 2.04. The third kappa shape index (κ3) is 4.57. The maximum absolute atomic E-state index is 5.86. The number of hydrogen-bond donors (Lipinski definition) is 1. The van der Waals surface area contributed by atoms with Crippen molar-refractivity contribution in [1.82, 2.24) is 4.98 Å². The normalized spacial score (nSPS) is 10.3. The van der Waals surface area contributed by atoms with Gasteiger partial charge < -0.3 is 10.1 Å². The van der Waals surface area contributed by atoms with E-state index < -0.39 is 0 Å². The third-order valence-corrected chi connectivity index (χ3v) is 3.99. The molecule has 0 bridgehead atoms. The quantitative estimate of drug-likeness (QED) is 0.661. The molecule has 3 rings (SSSR count). The molecule has 3 aromatic rings. The van der Waals surface area contributed by atoms with Crippen LogP contribution < -0.4 is 10.1 Å². The largest absolute Gasteiger partial charge is 0.488 e. The van der Waals surface area contributed by atoms with Gasteiger partial charge in [0.05, 0.1) is 4.47 Å². The molecule has 0 aliphatic carbocycles. The smallest absolute Gasteiger partial charge is 0.134 e. The molecular weight excluding hydrogens is 352 g/mol. The van der Waals surface area contributed by atoms with Crippen LogP contribution in [0, 0.1) is 0 Å². The predicted molar refractivity (Wildman–Crippen MR) is 96.5 cm³/mol. The number of nitrogens with zero attached hydrogens (tertiary/aromatic N) is 1. The SMILES string of the molecule is Brc1cc(CNc2ccccn2)ccc1OCc1ccccc1. The maximum Gasteiger partial charge on any atom is 0.134 e. The summed E-state index contributed by atoms with van der Waals surface area (Å²) in [6, 6.07) is 22.1. The average Bonchev–Trinajstić information content (AvgIpc) is 2.61. The first-order valence-electron chi connectivity index (χ1n) is 7.41. The monoisotopic (exact) mass is 368 g/mol. The van der Waals surface area contributed by atoms with E-state index in [4.69, 9.17) is 4.74 Å². The van der Waals surface area contributed by atoms with Crippen LogP contribution >= 0.6 is 15.9 Å². The second-order valence-electron chi connectivity index (χ2n) is 5.11. The average molecular weight is 369 g/mol. The van der Waals surface area contributed by atoms with E-state index in [1.165, 1.54) is 0 Å². The van der Waals surface area contributed by atoms with Crippen LogP contribution in [0.3, 0.4) is 0 Å². The number of ether oxygens (including phenoxy) is 1. The summed E-state index contributed by atoms with van der Waals surface area (Å²) in [6.07, 6.45) is 1.78. The first-order valence-corrected chi connectivity index (χ1v) is 8.20. The van der Waals surface area contributed by atoms with Gasteiger partial charge in [-0.2, -0.15) is 0 Å². The van der Waals surface area contributed by atoms with Crippen LogP contribution in [0.2, 0.25) is 0 Å². The number of anilines is 1. The Morgan fingerprint density at radius 3 is 2.48 bits per heavy atom. The van der Waals surface area contributed by atoms with Gasteiger partial charge in [0.2, 0.25) is 0 Å². The minimum absolute atomic E-state index is 0.560. The van der Waals surface area contributed by atoms with Gasteiger partial charge in [-0.25, -0.2) is 4.98 Å². The molecule has 0 aliphatic heterocycles. The zero-order chi connectivity index (χ0) is 15.9. The van der Waals surface area contributed by atoms with E-state index in [2.05, 4.69) is 50.5 Å². The highest BCUT2D eigenvalue weighted by atomic mass is 79.9. The van der Waals surface area contributed by atoms with Crippen LogP contribution in [-0.4, -0.2) is 4.98 Å². The summed E-state index contributed by atoms with van der Waals surface area (Å²) in [5, 5.41) is 3.29. The van der Waals surface area contributed by atoms with E-state index in [9.17, 15) is 0 Å². The third-order valence-electron chi connectivity index (χ3n) is 3.37. The summed E-state index contributed by atoms with van der Waals surface area (Å²) in [7, 11) is 0. The van der Waals surface area contributed by atoms with Gasteiger partial charge in [-0.15, -0.1) is 0 Å². The van der Waals surface area contributed by atoms with E-state index in [-0.39, 0.29) is 0 Å². The summed E-state index contributed by atoms with van der Waals surface area (Å²) in [4.78, 5) is 4.25. The first-order chi connectivity index (χ1) is 11.3. The standard InChI is InChI=1S/C19H17BrN2O/c20-17-12-16(13-22-19-8-4-5-11-21-19)9-10-18(17)23-14-15-6-2-1-3-7-15/h1-12H,13-14H2,(H,21,22). The minimum atomic E-state index is 0.560. The lowest BCUT2D eigenvalue weighted by Gasteiger charge is -2.11. The van der Waals surface area contributed by atoms with Crippen molar-refractivity contribution in [2.24, 2.45) is 0 Å². The predicted octanol–water partition coefficient (Wildman–Crippen LogP) is 5.04. The van der Waals surface area contributed by atoms with Crippen LogP contribution in [0.15, 0.2) is 77.4 Å². The highest BCUT2D eigenvalue weighted by Crippen LogP contribution is 2.27. The van der Waals surface area contributed by atoms with Crippen molar-refractivity contribution in [2.75, 3.05) is 5.32 Å². The maximum atomic E-state index is 5.86. The number of nitrogens with one attached hydrogen (secondary N) is 1. The van der Waals surface area contributed by atoms with E-state index in [0.29, 0.717) is 13.2 Å². The molecule has 3 nitrogen and oxygen atoms in total. The Kier molecular flexibility index (Phi) is 5.27. The highest BCUT2D eigenvalue weighted by molar-refractivity contribution is 9.10. The van der Waals surface area contributed by atoms with Gasteiger partial charge in [0.1, 0.15) is 18.2 Å². The van der Waals surface area contributed by atoms with Crippen molar-refractivity contribution < 1.29 is 4.74 Å². The molecule has 0 atom stereocenters. The van der Waals surface area contributed by atoms with Gasteiger partial charge in [0, 0.05) is 12.7 Å². The Labute approximate surface area is 144 Å². The summed E-state index contributed by atoms with van der Waals surface area (Å²) in [6.45, 7) is 1.28. The van der Waals surface area contributed by atoms with Gasteiger partial charge in [0.15, 0.2) is 0 Å². The zero-order valence-electron chi connectivity index (χ0n) is 12.6. The zero-order valence-corrected chi connectivity index (χ0v) is 14.2. The topological polar surface area (TPSA) is 34.2 Å². The van der Waals surface area contributed by atoms with Gasteiger partial charge in [-0.3, -0.25) is 0 Å². The molecule has 1 N–H and O–H groups in total. The molecule has 0 radical (unpaired) electrons. The second-order valence-corrected chi connectivity index (χ2v) is 5.96. The van der Waals surface area contributed by atoms with E-state index in [1.54, 1.807) is 6.20 Å². The Hall–Kier alpha value is -2.33. The van der Waals surface area contributed by atoms with Crippen molar-refractivity contribution in [3.63, 3.8) is 0 Å². The molecule has 1 aromatic heterocycles. The minimum Gasteiger partial charge on any atom is -0.488 e. The summed E-state index contributed by atoms with van der Waals surface area (Å²) < 4.78 is 6.81. The van der Waals surface area contributed by atoms with Crippen molar-refractivity contribution in [3.05, 3.63) is 88.5 Å². The van der Waals surface area contributed by atoms with Crippen LogP contribution in [0.4, 0.5) is 5.82 Å². The Bertz CT molecular complexity index is 748. The number of benzene rings is 2. The van der Waals surface area contributed by atoms with Crippen molar-refractivity contribution in [3.8, 4) is 5.75 Å². The first kappa shape index (κ1) is 15.6. The molecule has 2 aromatic carbocycles. The Balaban J connectivity index is 1.59. The lowest BCUT2D eigenvalue weighted by atomic mass is 10.2. The summed E-state index contributed by atoms with van der Waals surface area (Å²) in [5.41, 5.74) is 2.31. The molecule has 0 unspecified atom stereocenters. The Morgan fingerprint density at radius 2 is 1.74 bits per heavy atom. The molecule has 23 heavy (non-hydrogen) atoms. The molecule has 0 fully saturated rings. The molecule has 116 valence electrons. The summed E-state index contributed by atoms with van der Waals surface area (Å²) >= 11 is 3.58. The van der Waals surface area contributed by atoms with Crippen LogP contribution in [0.25, 0.3) is 0 Å². The fourth-order valence-corrected chi connectivity index (χ4v) is 2.71. The number of pyridine rings is 1. The number of halogens is 1. The van der Waals surface area contributed by atoms with Gasteiger partial charge in [-0.05, 0) is 51.3 Å². The van der Waals surface area contributed by atoms with E-state index in [0.717, 1.165) is 27.2 Å². The Morgan fingerprint density at radius 1 is 0.913 bits per heavy atom. The fraction of sp³-hybridized carbons (Fsp3) is 0.105. The van der Waals surface area contributed by atoms with Gasteiger partial charge in [-0.1, -0.05) is 42.5 Å². The number of hydrogen-bond acceptors (Lipinski definition) is 3. The van der Waals surface area contributed by atoms with E-state index >= 15 is 0 Å². The van der Waals surface area contributed by atoms with Gasteiger partial charge >= 0.3 is 0 Å². The second kappa shape index (κ2) is 7.79. The van der Waals surface area contributed by atoms with Crippen LogP contribution in [0.5, 0.6) is 5.75 Å². The van der Waals surface area contributed by atoms with Crippen LogP contribution in [-0.2, 0) is 13.2 Å². The van der Waals surface area contributed by atoms with E-state index in [1.807, 2.05) is 42.5 Å². The number of aromatic nitrogens is 1. The molecule has 4 heteroatoms. The fourth-order valence-electron chi connectivity index (χ4n) is 2.17. The molecule has 0 spiro atoms. The molecular formula is C19H17BrN2O. The van der Waals surface area contributed by atoms with Crippen molar-refractivity contribution in [2.45, 2.75) is 13.2 Å². The molecule has 1 heterocycles. The lowest BCUT2D eigenvalue weighted by molar-refractivity contribution is 0.304. The summed E-state index contributed by atoms with van der Waals surface area (Å²) in [5.74, 6) is 1.71. The van der Waals surface area contributed by atoms with Crippen LogP contribution in [0.1, 0.15) is 11.1 Å². The van der Waals surface area contributed by atoms with Crippen molar-refractivity contribution in [1.29, 1.82) is 0 Å². The number of rotatable bonds is 6. The van der Waals surface area contributed by atoms with Crippen molar-refractivity contribution >= 4 is 21.7 Å². The molecule has 0 saturated heterocycles.